The van der Waals surface area contributed by atoms with Crippen LogP contribution in [0.3, 0.4) is 0 Å². The second-order valence-electron chi connectivity index (χ2n) is 4.31. The van der Waals surface area contributed by atoms with E-state index in [9.17, 15) is 0 Å². The van der Waals surface area contributed by atoms with Crippen molar-refractivity contribution >= 4 is 5.95 Å². The number of anilines is 1. The van der Waals surface area contributed by atoms with Crippen molar-refractivity contribution in [3.63, 3.8) is 0 Å². The van der Waals surface area contributed by atoms with Crippen LogP contribution in [0.4, 0.5) is 5.95 Å². The van der Waals surface area contributed by atoms with Gasteiger partial charge in [-0.3, -0.25) is 0 Å². The number of methoxy groups -OCH3 is 1. The molecule has 15 heavy (non-hydrogen) atoms. The highest BCUT2D eigenvalue weighted by atomic mass is 16.5. The Hall–Kier alpha value is -1.03. The van der Waals surface area contributed by atoms with Gasteiger partial charge in [-0.15, -0.1) is 0 Å². The van der Waals surface area contributed by atoms with Crippen LogP contribution in [0.2, 0.25) is 0 Å². The van der Waals surface area contributed by atoms with Crippen molar-refractivity contribution < 1.29 is 4.74 Å². The minimum atomic E-state index is 0.646. The number of rotatable bonds is 5. The average Bonchev–Trinajstić information content (AvgIpc) is 2.61. The zero-order valence-electron chi connectivity index (χ0n) is 9.44. The molecule has 0 bridgehead atoms. The number of hydrogen-bond donors (Lipinski definition) is 1. The van der Waals surface area contributed by atoms with Gasteiger partial charge in [-0.2, -0.15) is 0 Å². The van der Waals surface area contributed by atoms with Crippen molar-refractivity contribution in [1.29, 1.82) is 0 Å². The first kappa shape index (κ1) is 10.5. The standard InChI is InChI=1S/C11H19N3O/c1-9-7-10(8-9)14-5-3-12-11(14)13-4-6-15-2/h3,5,9-10H,4,6-8H2,1-2H3,(H,12,13). The number of ether oxygens (including phenoxy) is 1. The summed E-state index contributed by atoms with van der Waals surface area (Å²) in [7, 11) is 1.71. The summed E-state index contributed by atoms with van der Waals surface area (Å²) in [5.74, 6) is 1.84. The molecule has 0 aliphatic heterocycles. The second kappa shape index (κ2) is 4.66. The smallest absolute Gasteiger partial charge is 0.203 e. The van der Waals surface area contributed by atoms with Crippen molar-refractivity contribution in [2.75, 3.05) is 25.6 Å². The molecule has 1 aromatic rings. The number of nitrogens with one attached hydrogen (secondary N) is 1. The lowest BCUT2D eigenvalue weighted by atomic mass is 9.82. The number of aromatic nitrogens is 2. The Morgan fingerprint density at radius 2 is 2.40 bits per heavy atom. The summed E-state index contributed by atoms with van der Waals surface area (Å²) in [5, 5.41) is 3.28. The second-order valence-corrected chi connectivity index (χ2v) is 4.31. The van der Waals surface area contributed by atoms with Crippen molar-refractivity contribution in [1.82, 2.24) is 9.55 Å². The summed E-state index contributed by atoms with van der Waals surface area (Å²) >= 11 is 0. The largest absolute Gasteiger partial charge is 0.383 e. The topological polar surface area (TPSA) is 39.1 Å². The fraction of sp³-hybridized carbons (Fsp3) is 0.727. The van der Waals surface area contributed by atoms with Gasteiger partial charge in [0.15, 0.2) is 0 Å². The van der Waals surface area contributed by atoms with Gasteiger partial charge in [0.1, 0.15) is 0 Å². The number of hydrogen-bond acceptors (Lipinski definition) is 3. The molecular weight excluding hydrogens is 190 g/mol. The highest BCUT2D eigenvalue weighted by molar-refractivity contribution is 5.27. The lowest BCUT2D eigenvalue weighted by molar-refractivity contribution is 0.208. The molecule has 84 valence electrons. The quantitative estimate of drug-likeness (QED) is 0.753. The third-order valence-electron chi connectivity index (χ3n) is 3.00. The molecule has 0 aromatic carbocycles. The molecule has 0 saturated heterocycles. The van der Waals surface area contributed by atoms with Crippen LogP contribution >= 0.6 is 0 Å². The van der Waals surface area contributed by atoms with Crippen molar-refractivity contribution in [3.05, 3.63) is 12.4 Å². The summed E-state index contributed by atoms with van der Waals surface area (Å²) in [6, 6.07) is 0.646. The first-order chi connectivity index (χ1) is 7.31. The highest BCUT2D eigenvalue weighted by Gasteiger charge is 2.27. The minimum Gasteiger partial charge on any atom is -0.383 e. The minimum absolute atomic E-state index is 0.646. The van der Waals surface area contributed by atoms with Crippen molar-refractivity contribution in [2.45, 2.75) is 25.8 Å². The molecule has 0 atom stereocenters. The first-order valence-corrected chi connectivity index (χ1v) is 5.57. The van der Waals surface area contributed by atoms with Gasteiger partial charge in [0.2, 0.25) is 5.95 Å². The molecule has 0 unspecified atom stereocenters. The van der Waals surface area contributed by atoms with E-state index in [0.29, 0.717) is 12.6 Å². The lowest BCUT2D eigenvalue weighted by Crippen LogP contribution is -2.26. The predicted molar refractivity (Wildman–Crippen MR) is 60.0 cm³/mol. The van der Waals surface area contributed by atoms with Crippen LogP contribution in [-0.2, 0) is 4.74 Å². The van der Waals surface area contributed by atoms with Crippen LogP contribution in [0.25, 0.3) is 0 Å². The molecule has 1 heterocycles. The van der Waals surface area contributed by atoms with E-state index < -0.39 is 0 Å². The van der Waals surface area contributed by atoms with E-state index >= 15 is 0 Å². The summed E-state index contributed by atoms with van der Waals surface area (Å²) in [5.41, 5.74) is 0. The maximum Gasteiger partial charge on any atom is 0.203 e. The van der Waals surface area contributed by atoms with Gasteiger partial charge in [-0.05, 0) is 18.8 Å². The Kier molecular flexibility index (Phi) is 3.26. The van der Waals surface area contributed by atoms with Gasteiger partial charge in [-0.25, -0.2) is 4.98 Å². The molecule has 1 aromatic heterocycles. The van der Waals surface area contributed by atoms with Crippen LogP contribution in [0.15, 0.2) is 12.4 Å². The number of imidazole rings is 1. The Labute approximate surface area is 90.6 Å². The molecule has 0 amide bonds. The van der Waals surface area contributed by atoms with Crippen LogP contribution in [0.1, 0.15) is 25.8 Å². The summed E-state index contributed by atoms with van der Waals surface area (Å²) in [6.07, 6.45) is 6.47. The van der Waals surface area contributed by atoms with Gasteiger partial charge < -0.3 is 14.6 Å². The van der Waals surface area contributed by atoms with E-state index in [1.807, 2.05) is 6.20 Å². The molecule has 1 aliphatic rings. The van der Waals surface area contributed by atoms with Gasteiger partial charge in [-0.1, -0.05) is 6.92 Å². The van der Waals surface area contributed by atoms with E-state index in [1.54, 1.807) is 7.11 Å². The Morgan fingerprint density at radius 3 is 3.07 bits per heavy atom. The van der Waals surface area contributed by atoms with E-state index in [1.165, 1.54) is 12.8 Å². The zero-order chi connectivity index (χ0) is 10.7. The molecule has 1 fully saturated rings. The monoisotopic (exact) mass is 209 g/mol. The molecule has 1 saturated carbocycles. The summed E-state index contributed by atoms with van der Waals surface area (Å²) in [4.78, 5) is 4.31. The molecular formula is C11H19N3O. The maximum atomic E-state index is 5.00. The third kappa shape index (κ3) is 2.31. The van der Waals surface area contributed by atoms with Gasteiger partial charge >= 0.3 is 0 Å². The van der Waals surface area contributed by atoms with E-state index in [0.717, 1.165) is 18.4 Å². The van der Waals surface area contributed by atoms with Crippen LogP contribution in [0.5, 0.6) is 0 Å². The predicted octanol–water partition coefficient (Wildman–Crippen LogP) is 1.91. The Bertz CT molecular complexity index is 305. The molecule has 4 heteroatoms. The van der Waals surface area contributed by atoms with E-state index in [2.05, 4.69) is 28.0 Å². The third-order valence-corrected chi connectivity index (χ3v) is 3.00. The number of nitrogens with zero attached hydrogens (tertiary/aromatic N) is 2. The summed E-state index contributed by atoms with van der Waals surface area (Å²) in [6.45, 7) is 3.83. The van der Waals surface area contributed by atoms with Crippen LogP contribution < -0.4 is 5.32 Å². The Balaban J connectivity index is 1.90. The van der Waals surface area contributed by atoms with Gasteiger partial charge in [0, 0.05) is 32.1 Å². The van der Waals surface area contributed by atoms with Crippen molar-refractivity contribution in [3.8, 4) is 0 Å². The SMILES string of the molecule is COCCNc1nccn1C1CC(C)C1. The average molecular weight is 209 g/mol. The summed E-state index contributed by atoms with van der Waals surface area (Å²) < 4.78 is 7.24. The first-order valence-electron chi connectivity index (χ1n) is 5.57. The molecule has 1 N–H and O–H groups in total. The van der Waals surface area contributed by atoms with Gasteiger partial charge in [0.05, 0.1) is 6.61 Å². The maximum absolute atomic E-state index is 5.00. The highest BCUT2D eigenvalue weighted by Crippen LogP contribution is 2.38. The van der Waals surface area contributed by atoms with E-state index in [4.69, 9.17) is 4.74 Å². The molecule has 0 spiro atoms. The van der Waals surface area contributed by atoms with Crippen LogP contribution in [0, 0.1) is 5.92 Å². The normalized spacial score (nSPS) is 24.9. The fourth-order valence-electron chi connectivity index (χ4n) is 2.10. The molecule has 2 rings (SSSR count). The fourth-order valence-corrected chi connectivity index (χ4v) is 2.10. The van der Waals surface area contributed by atoms with Crippen LogP contribution in [-0.4, -0.2) is 29.8 Å². The molecule has 4 nitrogen and oxygen atoms in total. The molecule has 0 radical (unpaired) electrons. The van der Waals surface area contributed by atoms with Gasteiger partial charge in [0.25, 0.3) is 0 Å². The van der Waals surface area contributed by atoms with Crippen molar-refractivity contribution in [2.24, 2.45) is 5.92 Å². The zero-order valence-corrected chi connectivity index (χ0v) is 9.44. The molecule has 1 aliphatic carbocycles. The lowest BCUT2D eigenvalue weighted by Gasteiger charge is -2.34. The van der Waals surface area contributed by atoms with E-state index in [-0.39, 0.29) is 0 Å². The Morgan fingerprint density at radius 1 is 1.60 bits per heavy atom.